The number of hydrogen-bond acceptors (Lipinski definition) is 3. The molecule has 0 aliphatic heterocycles. The highest BCUT2D eigenvalue weighted by Gasteiger charge is 2.08. The van der Waals surface area contributed by atoms with Crippen molar-refractivity contribution >= 4 is 27.5 Å². The van der Waals surface area contributed by atoms with Crippen molar-refractivity contribution in [1.29, 1.82) is 0 Å². The van der Waals surface area contributed by atoms with Gasteiger partial charge in [-0.05, 0) is 25.1 Å². The summed E-state index contributed by atoms with van der Waals surface area (Å²) in [6.45, 7) is 1.73. The number of aliphatic hydroxyl groups excluding tert-OH is 1. The number of nitrogens with zero attached hydrogens (tertiary/aromatic N) is 1. The van der Waals surface area contributed by atoms with Gasteiger partial charge in [0.05, 0.1) is 11.6 Å². The fraction of sp³-hybridized carbons (Fsp3) is 0.154. The Kier molecular flexibility index (Phi) is 4.22. The van der Waals surface area contributed by atoms with E-state index < -0.39 is 0 Å². The lowest BCUT2D eigenvalue weighted by Crippen LogP contribution is -1.95. The van der Waals surface area contributed by atoms with Crippen LogP contribution in [0, 0.1) is 6.92 Å². The maximum absolute atomic E-state index is 9.24. The molecule has 1 heterocycles. The predicted molar refractivity (Wildman–Crippen MR) is 74.1 cm³/mol. The highest BCUT2D eigenvalue weighted by atomic mass is 79.9. The van der Waals surface area contributed by atoms with Crippen molar-refractivity contribution in [2.45, 2.75) is 13.5 Å². The lowest BCUT2D eigenvalue weighted by molar-refractivity contribution is 0.276. The lowest BCUT2D eigenvalue weighted by atomic mass is 10.2. The average Bonchev–Trinajstić information content (AvgIpc) is 2.33. The lowest BCUT2D eigenvalue weighted by Gasteiger charge is -2.11. The molecule has 94 valence electrons. The first-order chi connectivity index (χ1) is 8.60. The molecular formula is C13H11BrClNO2. The van der Waals surface area contributed by atoms with E-state index in [4.69, 9.17) is 16.3 Å². The molecule has 0 atom stereocenters. The minimum Gasteiger partial charge on any atom is -0.455 e. The standard InChI is InChI=1S/C13H11BrClNO2/c1-8-4-13(9(7-17)6-16-8)18-12-3-2-10(14)5-11(12)15/h2-6,17H,7H2,1H3. The maximum Gasteiger partial charge on any atom is 0.146 e. The van der Waals surface area contributed by atoms with E-state index in [0.29, 0.717) is 22.1 Å². The fourth-order valence-corrected chi connectivity index (χ4v) is 2.17. The molecule has 0 bridgehead atoms. The van der Waals surface area contributed by atoms with Crippen molar-refractivity contribution in [3.8, 4) is 11.5 Å². The first kappa shape index (κ1) is 13.3. The number of rotatable bonds is 3. The van der Waals surface area contributed by atoms with Gasteiger partial charge in [-0.3, -0.25) is 4.98 Å². The topological polar surface area (TPSA) is 42.4 Å². The molecule has 3 nitrogen and oxygen atoms in total. The second-order valence-corrected chi connectivity index (χ2v) is 5.09. The molecule has 2 aromatic rings. The summed E-state index contributed by atoms with van der Waals surface area (Å²) in [4.78, 5) is 4.11. The summed E-state index contributed by atoms with van der Waals surface area (Å²) in [5.74, 6) is 1.11. The van der Waals surface area contributed by atoms with Gasteiger partial charge in [0.25, 0.3) is 0 Å². The molecule has 18 heavy (non-hydrogen) atoms. The van der Waals surface area contributed by atoms with Gasteiger partial charge in [0.15, 0.2) is 0 Å². The van der Waals surface area contributed by atoms with E-state index in [9.17, 15) is 5.11 Å². The van der Waals surface area contributed by atoms with Crippen molar-refractivity contribution < 1.29 is 9.84 Å². The van der Waals surface area contributed by atoms with Crippen LogP contribution in [-0.4, -0.2) is 10.1 Å². The van der Waals surface area contributed by atoms with Crippen molar-refractivity contribution in [2.24, 2.45) is 0 Å². The molecule has 0 fully saturated rings. The Morgan fingerprint density at radius 2 is 2.11 bits per heavy atom. The molecule has 0 saturated carbocycles. The predicted octanol–water partition coefficient (Wildman–Crippen LogP) is 4.09. The molecule has 2 rings (SSSR count). The Morgan fingerprint density at radius 1 is 1.33 bits per heavy atom. The summed E-state index contributed by atoms with van der Waals surface area (Å²) in [7, 11) is 0. The second kappa shape index (κ2) is 5.69. The van der Waals surface area contributed by atoms with Crippen LogP contribution in [-0.2, 0) is 6.61 Å². The van der Waals surface area contributed by atoms with Crippen LogP contribution in [0.2, 0.25) is 5.02 Å². The summed E-state index contributed by atoms with van der Waals surface area (Å²) >= 11 is 9.41. The number of pyridine rings is 1. The summed E-state index contributed by atoms with van der Waals surface area (Å²) < 4.78 is 6.60. The normalized spacial score (nSPS) is 10.4. The Labute approximate surface area is 119 Å². The first-order valence-electron chi connectivity index (χ1n) is 5.29. The Hall–Kier alpha value is -1.10. The molecule has 0 aliphatic rings. The summed E-state index contributed by atoms with van der Waals surface area (Å²) in [5.41, 5.74) is 1.44. The molecule has 1 N–H and O–H groups in total. The molecule has 1 aromatic heterocycles. The van der Waals surface area contributed by atoms with Crippen LogP contribution in [0.4, 0.5) is 0 Å². The third-order valence-corrected chi connectivity index (χ3v) is 3.15. The monoisotopic (exact) mass is 327 g/mol. The largest absolute Gasteiger partial charge is 0.455 e. The van der Waals surface area contributed by atoms with Crippen molar-refractivity contribution in [3.05, 3.63) is 51.2 Å². The second-order valence-electron chi connectivity index (χ2n) is 3.77. The van der Waals surface area contributed by atoms with E-state index in [0.717, 1.165) is 10.2 Å². The molecular weight excluding hydrogens is 318 g/mol. The minimum absolute atomic E-state index is 0.128. The smallest absolute Gasteiger partial charge is 0.146 e. The number of aryl methyl sites for hydroxylation is 1. The molecule has 0 amide bonds. The van der Waals surface area contributed by atoms with Crippen molar-refractivity contribution in [3.63, 3.8) is 0 Å². The summed E-state index contributed by atoms with van der Waals surface area (Å²) in [5, 5.41) is 9.74. The molecule has 0 aliphatic carbocycles. The number of aliphatic hydroxyl groups is 1. The van der Waals surface area contributed by atoms with Crippen LogP contribution in [0.1, 0.15) is 11.3 Å². The Balaban J connectivity index is 2.36. The minimum atomic E-state index is -0.128. The average molecular weight is 329 g/mol. The van der Waals surface area contributed by atoms with Crippen LogP contribution in [0.15, 0.2) is 34.9 Å². The van der Waals surface area contributed by atoms with Gasteiger partial charge in [-0.2, -0.15) is 0 Å². The van der Waals surface area contributed by atoms with Gasteiger partial charge in [0, 0.05) is 28.0 Å². The van der Waals surface area contributed by atoms with Gasteiger partial charge in [0.2, 0.25) is 0 Å². The third kappa shape index (κ3) is 3.02. The van der Waals surface area contributed by atoms with E-state index in [1.54, 1.807) is 24.4 Å². The van der Waals surface area contributed by atoms with Crippen LogP contribution in [0.5, 0.6) is 11.5 Å². The zero-order valence-corrected chi connectivity index (χ0v) is 12.0. The van der Waals surface area contributed by atoms with Crippen molar-refractivity contribution in [2.75, 3.05) is 0 Å². The van der Waals surface area contributed by atoms with Crippen LogP contribution >= 0.6 is 27.5 Å². The SMILES string of the molecule is Cc1cc(Oc2ccc(Br)cc2Cl)c(CO)cn1. The van der Waals surface area contributed by atoms with Gasteiger partial charge in [-0.1, -0.05) is 27.5 Å². The van der Waals surface area contributed by atoms with Gasteiger partial charge in [0.1, 0.15) is 11.5 Å². The maximum atomic E-state index is 9.24. The third-order valence-electron chi connectivity index (χ3n) is 2.36. The zero-order chi connectivity index (χ0) is 13.1. The van der Waals surface area contributed by atoms with Crippen LogP contribution in [0.3, 0.4) is 0 Å². The molecule has 0 radical (unpaired) electrons. The first-order valence-corrected chi connectivity index (χ1v) is 6.46. The number of aromatic nitrogens is 1. The van der Waals surface area contributed by atoms with E-state index in [-0.39, 0.29) is 6.61 Å². The molecule has 0 spiro atoms. The van der Waals surface area contributed by atoms with Gasteiger partial charge >= 0.3 is 0 Å². The Bertz CT molecular complexity index is 575. The van der Waals surface area contributed by atoms with E-state index >= 15 is 0 Å². The fourth-order valence-electron chi connectivity index (χ4n) is 1.45. The quantitative estimate of drug-likeness (QED) is 0.922. The van der Waals surface area contributed by atoms with Crippen molar-refractivity contribution in [1.82, 2.24) is 4.98 Å². The number of hydrogen-bond donors (Lipinski definition) is 1. The molecule has 5 heteroatoms. The van der Waals surface area contributed by atoms with E-state index in [1.165, 1.54) is 0 Å². The van der Waals surface area contributed by atoms with Gasteiger partial charge in [-0.15, -0.1) is 0 Å². The Morgan fingerprint density at radius 3 is 2.78 bits per heavy atom. The zero-order valence-electron chi connectivity index (χ0n) is 9.65. The number of ether oxygens (including phenoxy) is 1. The van der Waals surface area contributed by atoms with Crippen LogP contribution in [0.25, 0.3) is 0 Å². The van der Waals surface area contributed by atoms with Gasteiger partial charge in [-0.25, -0.2) is 0 Å². The molecule has 1 aromatic carbocycles. The van der Waals surface area contributed by atoms with E-state index in [2.05, 4.69) is 20.9 Å². The van der Waals surface area contributed by atoms with Gasteiger partial charge < -0.3 is 9.84 Å². The van der Waals surface area contributed by atoms with E-state index in [1.807, 2.05) is 13.0 Å². The summed E-state index contributed by atoms with van der Waals surface area (Å²) in [6, 6.07) is 7.13. The number of benzene rings is 1. The summed E-state index contributed by atoms with van der Waals surface area (Å²) in [6.07, 6.45) is 1.59. The van der Waals surface area contributed by atoms with Crippen LogP contribution < -0.4 is 4.74 Å². The highest BCUT2D eigenvalue weighted by molar-refractivity contribution is 9.10. The number of halogens is 2. The highest BCUT2D eigenvalue weighted by Crippen LogP contribution is 2.33. The molecule has 0 unspecified atom stereocenters. The molecule has 0 saturated heterocycles.